The fourth-order valence-electron chi connectivity index (χ4n) is 1.68. The maximum atomic E-state index is 5.23. The molecule has 0 spiro atoms. The maximum absolute atomic E-state index is 5.23. The second kappa shape index (κ2) is 7.28. The van der Waals surface area contributed by atoms with E-state index in [1.807, 2.05) is 36.4 Å². The summed E-state index contributed by atoms with van der Waals surface area (Å²) in [5.41, 5.74) is 2.40. The Morgan fingerprint density at radius 2 is 1.56 bits per heavy atom. The summed E-state index contributed by atoms with van der Waals surface area (Å²) in [7, 11) is 0. The van der Waals surface area contributed by atoms with Gasteiger partial charge in [0.25, 0.3) is 0 Å². The number of benzene rings is 2. The minimum absolute atomic E-state index is 0.651. The summed E-state index contributed by atoms with van der Waals surface area (Å²) in [5.74, 6) is 0. The molecular formula is C16H17NO. The lowest BCUT2D eigenvalue weighted by Gasteiger charge is -2.00. The standard InChI is InChI=1S/C16H17NO/c1-3-8-15(9-4-1)12-7-13-18-17-14-16-10-5-2-6-11-16/h1-6,8-11,14H,7,12-13H2/b17-14+. The van der Waals surface area contributed by atoms with E-state index in [0.29, 0.717) is 6.61 Å². The van der Waals surface area contributed by atoms with Crippen LogP contribution in [0.25, 0.3) is 0 Å². The molecule has 0 aliphatic rings. The molecule has 0 amide bonds. The predicted molar refractivity (Wildman–Crippen MR) is 74.8 cm³/mol. The lowest BCUT2D eigenvalue weighted by Crippen LogP contribution is -1.92. The van der Waals surface area contributed by atoms with Crippen molar-refractivity contribution in [2.45, 2.75) is 12.8 Å². The summed E-state index contributed by atoms with van der Waals surface area (Å²) in [4.78, 5) is 5.23. The highest BCUT2D eigenvalue weighted by atomic mass is 16.6. The highest BCUT2D eigenvalue weighted by Gasteiger charge is 1.91. The molecule has 0 heterocycles. The van der Waals surface area contributed by atoms with Crippen molar-refractivity contribution in [1.82, 2.24) is 0 Å². The van der Waals surface area contributed by atoms with Gasteiger partial charge in [-0.05, 0) is 24.0 Å². The van der Waals surface area contributed by atoms with Crippen molar-refractivity contribution in [2.75, 3.05) is 6.61 Å². The van der Waals surface area contributed by atoms with Crippen LogP contribution in [0.4, 0.5) is 0 Å². The van der Waals surface area contributed by atoms with Crippen LogP contribution in [0.1, 0.15) is 17.5 Å². The Balaban J connectivity index is 1.63. The molecule has 2 rings (SSSR count). The monoisotopic (exact) mass is 239 g/mol. The van der Waals surface area contributed by atoms with E-state index in [1.165, 1.54) is 5.56 Å². The van der Waals surface area contributed by atoms with Gasteiger partial charge in [-0.2, -0.15) is 0 Å². The molecule has 0 atom stereocenters. The van der Waals surface area contributed by atoms with Gasteiger partial charge < -0.3 is 4.84 Å². The van der Waals surface area contributed by atoms with Crippen LogP contribution in [0.3, 0.4) is 0 Å². The van der Waals surface area contributed by atoms with Crippen molar-refractivity contribution < 1.29 is 4.84 Å². The largest absolute Gasteiger partial charge is 0.396 e. The molecule has 0 bridgehead atoms. The van der Waals surface area contributed by atoms with Crippen LogP contribution in [0, 0.1) is 0 Å². The van der Waals surface area contributed by atoms with Gasteiger partial charge in [-0.25, -0.2) is 0 Å². The minimum atomic E-state index is 0.651. The van der Waals surface area contributed by atoms with Gasteiger partial charge in [-0.1, -0.05) is 65.8 Å². The molecule has 2 heteroatoms. The molecular weight excluding hydrogens is 222 g/mol. The topological polar surface area (TPSA) is 21.6 Å². The maximum Gasteiger partial charge on any atom is 0.117 e. The Bertz CT molecular complexity index is 465. The zero-order chi connectivity index (χ0) is 12.5. The Kier molecular flexibility index (Phi) is 5.00. The summed E-state index contributed by atoms with van der Waals surface area (Å²) in [5, 5.41) is 3.95. The van der Waals surface area contributed by atoms with Crippen LogP contribution < -0.4 is 0 Å². The molecule has 0 saturated heterocycles. The minimum Gasteiger partial charge on any atom is -0.396 e. The number of rotatable bonds is 6. The average molecular weight is 239 g/mol. The molecule has 0 radical (unpaired) electrons. The molecule has 0 saturated carbocycles. The Morgan fingerprint density at radius 3 is 2.28 bits per heavy atom. The van der Waals surface area contributed by atoms with E-state index in [1.54, 1.807) is 6.21 Å². The summed E-state index contributed by atoms with van der Waals surface area (Å²) in [6, 6.07) is 20.4. The Morgan fingerprint density at radius 1 is 0.889 bits per heavy atom. The highest BCUT2D eigenvalue weighted by Crippen LogP contribution is 2.02. The number of hydrogen-bond donors (Lipinski definition) is 0. The van der Waals surface area contributed by atoms with Crippen LogP contribution in [0.2, 0.25) is 0 Å². The van der Waals surface area contributed by atoms with Gasteiger partial charge in [0.2, 0.25) is 0 Å². The van der Waals surface area contributed by atoms with E-state index < -0.39 is 0 Å². The summed E-state index contributed by atoms with van der Waals surface area (Å²) in [6.45, 7) is 0.651. The molecule has 92 valence electrons. The first-order valence-electron chi connectivity index (χ1n) is 6.19. The van der Waals surface area contributed by atoms with E-state index in [9.17, 15) is 0 Å². The predicted octanol–water partition coefficient (Wildman–Crippen LogP) is 3.67. The quantitative estimate of drug-likeness (QED) is 0.428. The number of hydrogen-bond acceptors (Lipinski definition) is 2. The van der Waals surface area contributed by atoms with Gasteiger partial charge in [-0.15, -0.1) is 0 Å². The lowest BCUT2D eigenvalue weighted by atomic mass is 10.1. The molecule has 0 N–H and O–H groups in total. The zero-order valence-electron chi connectivity index (χ0n) is 10.3. The van der Waals surface area contributed by atoms with Gasteiger partial charge in [0.05, 0.1) is 6.21 Å². The van der Waals surface area contributed by atoms with Crippen molar-refractivity contribution in [3.8, 4) is 0 Å². The number of aryl methyl sites for hydroxylation is 1. The van der Waals surface area contributed by atoms with Crippen LogP contribution in [0.5, 0.6) is 0 Å². The van der Waals surface area contributed by atoms with Crippen LogP contribution in [0.15, 0.2) is 65.8 Å². The van der Waals surface area contributed by atoms with E-state index in [-0.39, 0.29) is 0 Å². The molecule has 0 aliphatic heterocycles. The molecule has 2 aromatic rings. The first-order chi connectivity index (χ1) is 8.95. The van der Waals surface area contributed by atoms with Gasteiger partial charge >= 0.3 is 0 Å². The molecule has 2 aromatic carbocycles. The third-order valence-electron chi connectivity index (χ3n) is 2.62. The number of nitrogens with zero attached hydrogens (tertiary/aromatic N) is 1. The van der Waals surface area contributed by atoms with Crippen molar-refractivity contribution in [1.29, 1.82) is 0 Å². The summed E-state index contributed by atoms with van der Waals surface area (Å²) in [6.07, 6.45) is 3.75. The molecule has 0 aliphatic carbocycles. The van der Waals surface area contributed by atoms with Crippen molar-refractivity contribution >= 4 is 6.21 Å². The van der Waals surface area contributed by atoms with E-state index in [2.05, 4.69) is 29.4 Å². The van der Waals surface area contributed by atoms with E-state index in [4.69, 9.17) is 4.84 Å². The van der Waals surface area contributed by atoms with Crippen molar-refractivity contribution in [3.05, 3.63) is 71.8 Å². The van der Waals surface area contributed by atoms with E-state index in [0.717, 1.165) is 18.4 Å². The Hall–Kier alpha value is -2.09. The Labute approximate surface area is 108 Å². The second-order valence-electron chi connectivity index (χ2n) is 4.07. The van der Waals surface area contributed by atoms with Gasteiger partial charge in [0.1, 0.15) is 6.61 Å². The van der Waals surface area contributed by atoms with Crippen LogP contribution >= 0.6 is 0 Å². The molecule has 2 nitrogen and oxygen atoms in total. The first-order valence-corrected chi connectivity index (χ1v) is 6.19. The lowest BCUT2D eigenvalue weighted by molar-refractivity contribution is 0.143. The number of oxime groups is 1. The fraction of sp³-hybridized carbons (Fsp3) is 0.188. The SMILES string of the molecule is C(=N\OCCCc1ccccc1)/c1ccccc1. The normalized spacial score (nSPS) is 10.7. The zero-order valence-corrected chi connectivity index (χ0v) is 10.3. The first kappa shape index (κ1) is 12.4. The highest BCUT2D eigenvalue weighted by molar-refractivity contribution is 5.78. The van der Waals surface area contributed by atoms with Crippen molar-refractivity contribution in [2.24, 2.45) is 5.16 Å². The van der Waals surface area contributed by atoms with Crippen LogP contribution in [-0.4, -0.2) is 12.8 Å². The third kappa shape index (κ3) is 4.42. The molecule has 0 aromatic heterocycles. The average Bonchev–Trinajstić information content (AvgIpc) is 2.45. The van der Waals surface area contributed by atoms with Gasteiger partial charge in [0.15, 0.2) is 0 Å². The third-order valence-corrected chi connectivity index (χ3v) is 2.62. The summed E-state index contributed by atoms with van der Waals surface area (Å²) >= 11 is 0. The summed E-state index contributed by atoms with van der Waals surface area (Å²) < 4.78 is 0. The van der Waals surface area contributed by atoms with Gasteiger partial charge in [-0.3, -0.25) is 0 Å². The molecule has 18 heavy (non-hydrogen) atoms. The van der Waals surface area contributed by atoms with E-state index >= 15 is 0 Å². The second-order valence-corrected chi connectivity index (χ2v) is 4.07. The smallest absolute Gasteiger partial charge is 0.117 e. The molecule has 0 fully saturated rings. The molecule has 0 unspecified atom stereocenters. The van der Waals surface area contributed by atoms with Crippen LogP contribution in [-0.2, 0) is 11.3 Å². The fourth-order valence-corrected chi connectivity index (χ4v) is 1.68. The van der Waals surface area contributed by atoms with Crippen molar-refractivity contribution in [3.63, 3.8) is 0 Å². The van der Waals surface area contributed by atoms with Gasteiger partial charge in [0, 0.05) is 0 Å².